The van der Waals surface area contributed by atoms with Crippen LogP contribution in [0, 0.1) is 0 Å². The van der Waals surface area contributed by atoms with Crippen LogP contribution in [0.15, 0.2) is 32.3 Å². The summed E-state index contributed by atoms with van der Waals surface area (Å²) in [6.45, 7) is 0. The third-order valence-corrected chi connectivity index (χ3v) is 4.15. The quantitative estimate of drug-likeness (QED) is 0.737. The molecule has 66 valence electrons. The first-order valence-electron chi connectivity index (χ1n) is 3.06. The minimum Gasteiger partial charge on any atom is -0.172 e. The van der Waals surface area contributed by atoms with E-state index in [1.54, 1.807) is 11.3 Å². The lowest BCUT2D eigenvalue weighted by Gasteiger charge is -1.94. The molecule has 0 spiro atoms. The fourth-order valence-corrected chi connectivity index (χ4v) is 2.49. The van der Waals surface area contributed by atoms with Gasteiger partial charge in [-0.1, -0.05) is 6.07 Å². The standard InChI is InChI=1S/C7H5BrF2S2/c8-5(7(9)10)4-12-6-2-1-3-11-6/h1-3H,4H2. The minimum absolute atomic E-state index is 0.0269. The molecule has 0 aliphatic carbocycles. The number of hydrogen-bond acceptors (Lipinski definition) is 2. The van der Waals surface area contributed by atoms with E-state index in [0.29, 0.717) is 5.75 Å². The van der Waals surface area contributed by atoms with E-state index in [4.69, 9.17) is 0 Å². The summed E-state index contributed by atoms with van der Waals surface area (Å²) in [4.78, 5) is 0. The zero-order chi connectivity index (χ0) is 8.97. The molecular weight excluding hydrogens is 266 g/mol. The maximum Gasteiger partial charge on any atom is 0.281 e. The molecule has 0 aliphatic rings. The van der Waals surface area contributed by atoms with E-state index < -0.39 is 6.08 Å². The minimum atomic E-state index is -1.64. The Balaban J connectivity index is 2.42. The average Bonchev–Trinajstić information content (AvgIpc) is 2.51. The fourth-order valence-electron chi connectivity index (χ4n) is 0.535. The van der Waals surface area contributed by atoms with Gasteiger partial charge in [0, 0.05) is 5.75 Å². The van der Waals surface area contributed by atoms with Crippen molar-refractivity contribution in [1.82, 2.24) is 0 Å². The molecule has 1 aromatic rings. The topological polar surface area (TPSA) is 0 Å². The van der Waals surface area contributed by atoms with Crippen molar-refractivity contribution < 1.29 is 8.78 Å². The Morgan fingerprint density at radius 2 is 2.33 bits per heavy atom. The van der Waals surface area contributed by atoms with Gasteiger partial charge in [0.15, 0.2) is 0 Å². The third-order valence-electron chi connectivity index (χ3n) is 1.04. The third kappa shape index (κ3) is 3.25. The van der Waals surface area contributed by atoms with Crippen molar-refractivity contribution in [2.45, 2.75) is 4.21 Å². The summed E-state index contributed by atoms with van der Waals surface area (Å²) in [6.07, 6.45) is -1.64. The van der Waals surface area contributed by atoms with Crippen LogP contribution in [0.25, 0.3) is 0 Å². The van der Waals surface area contributed by atoms with E-state index in [9.17, 15) is 8.78 Å². The smallest absolute Gasteiger partial charge is 0.172 e. The van der Waals surface area contributed by atoms with Crippen LogP contribution >= 0.6 is 39.0 Å². The van der Waals surface area contributed by atoms with Crippen molar-refractivity contribution in [3.8, 4) is 0 Å². The number of thioether (sulfide) groups is 1. The van der Waals surface area contributed by atoms with E-state index in [1.165, 1.54) is 11.8 Å². The van der Waals surface area contributed by atoms with E-state index in [0.717, 1.165) is 4.21 Å². The van der Waals surface area contributed by atoms with Gasteiger partial charge in [0.2, 0.25) is 0 Å². The molecule has 0 fully saturated rings. The first kappa shape index (κ1) is 10.2. The lowest BCUT2D eigenvalue weighted by molar-refractivity contribution is 0.419. The molecule has 0 N–H and O–H groups in total. The normalized spacial score (nSPS) is 9.92. The second kappa shape index (κ2) is 4.99. The molecule has 0 aliphatic heterocycles. The van der Waals surface area contributed by atoms with Gasteiger partial charge in [-0.05, 0) is 27.4 Å². The largest absolute Gasteiger partial charge is 0.281 e. The van der Waals surface area contributed by atoms with Gasteiger partial charge < -0.3 is 0 Å². The monoisotopic (exact) mass is 270 g/mol. The summed E-state index contributed by atoms with van der Waals surface area (Å²) in [5.41, 5.74) is 0. The molecule has 0 bridgehead atoms. The number of rotatable bonds is 3. The van der Waals surface area contributed by atoms with Crippen molar-refractivity contribution in [3.05, 3.63) is 28.1 Å². The van der Waals surface area contributed by atoms with Crippen LogP contribution in [0.2, 0.25) is 0 Å². The zero-order valence-electron chi connectivity index (χ0n) is 5.89. The summed E-state index contributed by atoms with van der Waals surface area (Å²) in [5.74, 6) is 0.294. The molecule has 0 nitrogen and oxygen atoms in total. The van der Waals surface area contributed by atoms with Gasteiger partial charge in [-0.25, -0.2) is 0 Å². The summed E-state index contributed by atoms with van der Waals surface area (Å²) in [7, 11) is 0. The van der Waals surface area contributed by atoms with E-state index >= 15 is 0 Å². The van der Waals surface area contributed by atoms with Crippen molar-refractivity contribution in [2.75, 3.05) is 5.75 Å². The Kier molecular flexibility index (Phi) is 4.25. The maximum atomic E-state index is 11.9. The summed E-state index contributed by atoms with van der Waals surface area (Å²) in [6, 6.07) is 3.81. The van der Waals surface area contributed by atoms with E-state index in [-0.39, 0.29) is 4.48 Å². The predicted molar refractivity (Wildman–Crippen MR) is 53.2 cm³/mol. The van der Waals surface area contributed by atoms with Crippen molar-refractivity contribution >= 4 is 39.0 Å². The van der Waals surface area contributed by atoms with Crippen LogP contribution in [0.3, 0.4) is 0 Å². The Labute approximate surface area is 85.8 Å². The number of halogens is 3. The van der Waals surface area contributed by atoms with Crippen LogP contribution in [0.1, 0.15) is 0 Å². The van der Waals surface area contributed by atoms with Crippen molar-refractivity contribution in [2.24, 2.45) is 0 Å². The van der Waals surface area contributed by atoms with Crippen LogP contribution in [0.4, 0.5) is 8.78 Å². The first-order valence-corrected chi connectivity index (χ1v) is 5.72. The van der Waals surface area contributed by atoms with Gasteiger partial charge in [0.25, 0.3) is 6.08 Å². The van der Waals surface area contributed by atoms with Crippen LogP contribution < -0.4 is 0 Å². The van der Waals surface area contributed by atoms with Crippen LogP contribution in [-0.4, -0.2) is 5.75 Å². The van der Waals surface area contributed by atoms with Crippen LogP contribution in [0.5, 0.6) is 0 Å². The highest BCUT2D eigenvalue weighted by Gasteiger charge is 2.03. The van der Waals surface area contributed by atoms with Gasteiger partial charge in [-0.3, -0.25) is 0 Å². The SMILES string of the molecule is FC(F)=C(Br)CSc1cccs1. The van der Waals surface area contributed by atoms with Gasteiger partial charge in [-0.15, -0.1) is 23.1 Å². The molecule has 5 heteroatoms. The second-order valence-corrected chi connectivity index (χ2v) is 5.07. The molecule has 0 radical (unpaired) electrons. The molecular formula is C7H5BrF2S2. The Bertz CT molecular complexity index is 265. The number of thiophene rings is 1. The van der Waals surface area contributed by atoms with Gasteiger partial charge in [-0.2, -0.15) is 8.78 Å². The fraction of sp³-hybridized carbons (Fsp3) is 0.143. The Morgan fingerprint density at radius 1 is 1.58 bits per heavy atom. The molecule has 1 rings (SSSR count). The molecule has 0 aromatic carbocycles. The summed E-state index contributed by atoms with van der Waals surface area (Å²) < 4.78 is 24.8. The van der Waals surface area contributed by atoms with Gasteiger partial charge >= 0.3 is 0 Å². The van der Waals surface area contributed by atoms with Crippen molar-refractivity contribution in [3.63, 3.8) is 0 Å². The average molecular weight is 271 g/mol. The zero-order valence-corrected chi connectivity index (χ0v) is 9.11. The molecule has 12 heavy (non-hydrogen) atoms. The van der Waals surface area contributed by atoms with Crippen molar-refractivity contribution in [1.29, 1.82) is 0 Å². The van der Waals surface area contributed by atoms with E-state index in [1.807, 2.05) is 17.5 Å². The Hall–Kier alpha value is 0.130. The maximum absolute atomic E-state index is 11.9. The molecule has 1 aromatic heterocycles. The molecule has 0 saturated carbocycles. The summed E-state index contributed by atoms with van der Waals surface area (Å²) in [5, 5.41) is 1.92. The predicted octanol–water partition coefficient (Wildman–Crippen LogP) is 4.34. The lowest BCUT2D eigenvalue weighted by atomic mass is 10.7. The first-order chi connectivity index (χ1) is 5.70. The molecule has 1 heterocycles. The summed E-state index contributed by atoms with van der Waals surface area (Å²) >= 11 is 5.75. The Morgan fingerprint density at radius 3 is 2.83 bits per heavy atom. The second-order valence-electron chi connectivity index (χ2n) is 1.89. The highest BCUT2D eigenvalue weighted by Crippen LogP contribution is 2.28. The highest BCUT2D eigenvalue weighted by atomic mass is 79.9. The highest BCUT2D eigenvalue weighted by molar-refractivity contribution is 9.11. The molecule has 0 atom stereocenters. The number of hydrogen-bond donors (Lipinski definition) is 0. The molecule has 0 saturated heterocycles. The van der Waals surface area contributed by atoms with Crippen LogP contribution in [-0.2, 0) is 0 Å². The lowest BCUT2D eigenvalue weighted by Crippen LogP contribution is -1.77. The van der Waals surface area contributed by atoms with Gasteiger partial charge in [0.1, 0.15) is 0 Å². The molecule has 0 unspecified atom stereocenters. The molecule has 0 amide bonds. The van der Waals surface area contributed by atoms with E-state index in [2.05, 4.69) is 15.9 Å². The van der Waals surface area contributed by atoms with Gasteiger partial charge in [0.05, 0.1) is 8.69 Å².